The van der Waals surface area contributed by atoms with E-state index in [1.165, 1.54) is 25.7 Å². The van der Waals surface area contributed by atoms with Gasteiger partial charge in [0.15, 0.2) is 0 Å². The second-order valence-electron chi connectivity index (χ2n) is 13.7. The van der Waals surface area contributed by atoms with E-state index in [-0.39, 0.29) is 16.5 Å². The summed E-state index contributed by atoms with van der Waals surface area (Å²) in [7, 11) is 0. The molecule has 2 bridgehead atoms. The van der Waals surface area contributed by atoms with E-state index < -0.39 is 11.6 Å². The average Bonchev–Trinajstić information content (AvgIpc) is 3.53. The molecule has 0 spiro atoms. The Labute approximate surface area is 292 Å². The van der Waals surface area contributed by atoms with Gasteiger partial charge in [-0.1, -0.05) is 92.0 Å². The van der Waals surface area contributed by atoms with Crippen LogP contribution < -0.4 is 20.2 Å². The van der Waals surface area contributed by atoms with Gasteiger partial charge in [-0.05, 0) is 99.1 Å². The van der Waals surface area contributed by atoms with E-state index in [0.717, 1.165) is 110 Å². The molecule has 4 aromatic rings. The van der Waals surface area contributed by atoms with Crippen molar-refractivity contribution in [1.29, 1.82) is 0 Å². The third-order valence-electron chi connectivity index (χ3n) is 10.5. The third-order valence-corrected chi connectivity index (χ3v) is 11.5. The van der Waals surface area contributed by atoms with E-state index in [4.69, 9.17) is 4.74 Å². The molecule has 0 saturated carbocycles. The van der Waals surface area contributed by atoms with Crippen LogP contribution in [-0.4, -0.2) is 65.5 Å². The van der Waals surface area contributed by atoms with Crippen molar-refractivity contribution in [2.75, 3.05) is 39.3 Å². The molecule has 2 unspecified atom stereocenters. The second-order valence-corrected chi connectivity index (χ2v) is 14.6. The molecule has 262 valence electrons. The molecule has 4 heterocycles. The van der Waals surface area contributed by atoms with Gasteiger partial charge in [-0.3, -0.25) is 4.79 Å². The first-order valence-electron chi connectivity index (χ1n) is 18.0. The molecule has 5 N–H and O–H groups in total. The molecule has 2 atom stereocenters. The summed E-state index contributed by atoms with van der Waals surface area (Å²) in [5.74, 6) is 1.51. The first kappa shape index (κ1) is 35.0. The minimum Gasteiger partial charge on any atom is -0.506 e. The maximum Gasteiger partial charge on any atom is 0.405 e. The number of aromatic hydroxyl groups is 1. The number of thiazole rings is 1. The Bertz CT molecular complexity index is 1720. The van der Waals surface area contributed by atoms with Crippen LogP contribution in [0.4, 0.5) is 4.79 Å². The first-order chi connectivity index (χ1) is 23.9. The highest BCUT2D eigenvalue weighted by molar-refractivity contribution is 7.16. The Morgan fingerprint density at radius 2 is 1.65 bits per heavy atom. The van der Waals surface area contributed by atoms with E-state index in [2.05, 4.69) is 44.8 Å². The lowest BCUT2D eigenvalue weighted by Gasteiger charge is -2.53. The first-order valence-corrected chi connectivity index (χ1v) is 18.8. The van der Waals surface area contributed by atoms with Crippen molar-refractivity contribution in [2.24, 2.45) is 11.8 Å². The van der Waals surface area contributed by atoms with Gasteiger partial charge < -0.3 is 35.5 Å². The van der Waals surface area contributed by atoms with E-state index >= 15 is 0 Å². The Hall–Kier alpha value is -3.86. The number of fused-ring (bicyclic) bond motifs is 4. The minimum atomic E-state index is -1.01. The lowest BCUT2D eigenvalue weighted by Crippen LogP contribution is -2.61. The van der Waals surface area contributed by atoms with Gasteiger partial charge in [-0.15, -0.1) is 0 Å². The molecule has 10 heteroatoms. The van der Waals surface area contributed by atoms with Gasteiger partial charge in [0, 0.05) is 12.5 Å². The number of H-pyrrole nitrogens is 1. The zero-order chi connectivity index (χ0) is 34.1. The van der Waals surface area contributed by atoms with E-state index in [0.29, 0.717) is 18.0 Å². The Morgan fingerprint density at radius 3 is 2.39 bits per heavy atom. The minimum absolute atomic E-state index is 0.125. The number of unbranched alkanes of at least 4 members (excludes halogenated alkanes) is 6. The number of ether oxygens (including phenoxy) is 1. The number of rotatable bonds is 18. The predicted molar refractivity (Wildman–Crippen MR) is 196 cm³/mol. The van der Waals surface area contributed by atoms with Crippen LogP contribution in [0.5, 0.6) is 11.5 Å². The molecule has 1 amide bonds. The highest BCUT2D eigenvalue weighted by Crippen LogP contribution is 2.47. The number of carbonyl (C=O) groups is 1. The van der Waals surface area contributed by atoms with Gasteiger partial charge in [-0.25, -0.2) is 4.79 Å². The Kier molecular flexibility index (Phi) is 11.9. The van der Waals surface area contributed by atoms with Crippen LogP contribution in [-0.2, 0) is 12.0 Å². The molecule has 3 fully saturated rings. The van der Waals surface area contributed by atoms with Gasteiger partial charge in [0.25, 0.3) is 0 Å². The lowest BCUT2D eigenvalue weighted by atomic mass is 9.63. The molecule has 0 aliphatic carbocycles. The van der Waals surface area contributed by atoms with Gasteiger partial charge >= 0.3 is 11.0 Å². The number of hydrogen-bond acceptors (Lipinski definition) is 7. The third kappa shape index (κ3) is 8.48. The SMILES string of the molecule is O=C(O)NC(c1ccccc1)(c1cccc(OCCCCCCCCCNCCc2ccc(O)c3[nH]c(=O)sc23)c1)C1CN2CCC1CC2. The number of amides is 1. The molecule has 3 aliphatic heterocycles. The quantitative estimate of drug-likeness (QED) is 0.0708. The fourth-order valence-corrected chi connectivity index (χ4v) is 8.93. The topological polar surface area (TPSA) is 127 Å². The smallest absolute Gasteiger partial charge is 0.405 e. The maximum atomic E-state index is 12.4. The second kappa shape index (κ2) is 16.7. The summed E-state index contributed by atoms with van der Waals surface area (Å²) >= 11 is 1.16. The highest BCUT2D eigenvalue weighted by Gasteiger charge is 2.50. The van der Waals surface area contributed by atoms with Crippen molar-refractivity contribution >= 4 is 27.6 Å². The molecule has 49 heavy (non-hydrogen) atoms. The largest absolute Gasteiger partial charge is 0.506 e. The molecular formula is C39H50N4O5S. The van der Waals surface area contributed by atoms with Gasteiger partial charge in [-0.2, -0.15) is 0 Å². The van der Waals surface area contributed by atoms with E-state index in [1.807, 2.05) is 36.4 Å². The van der Waals surface area contributed by atoms with Crippen LogP contribution in [0.15, 0.2) is 71.5 Å². The summed E-state index contributed by atoms with van der Waals surface area (Å²) in [6.07, 6.45) is 10.1. The van der Waals surface area contributed by atoms with Crippen LogP contribution >= 0.6 is 11.3 Å². The normalized spacial score (nSPS) is 19.9. The molecule has 3 saturated heterocycles. The van der Waals surface area contributed by atoms with Crippen LogP contribution in [0.2, 0.25) is 0 Å². The van der Waals surface area contributed by atoms with Crippen molar-refractivity contribution in [1.82, 2.24) is 20.5 Å². The maximum absolute atomic E-state index is 12.4. The summed E-state index contributed by atoms with van der Waals surface area (Å²) < 4.78 is 7.10. The van der Waals surface area contributed by atoms with Crippen LogP contribution in [0.3, 0.4) is 0 Å². The fraction of sp³-hybridized carbons (Fsp3) is 0.487. The zero-order valence-corrected chi connectivity index (χ0v) is 29.1. The van der Waals surface area contributed by atoms with Gasteiger partial charge in [0.05, 0.1) is 16.8 Å². The molecule has 9 nitrogen and oxygen atoms in total. The molecule has 3 aromatic carbocycles. The average molecular weight is 687 g/mol. The Balaban J connectivity index is 0.920. The number of hydrogen-bond donors (Lipinski definition) is 5. The van der Waals surface area contributed by atoms with Crippen molar-refractivity contribution in [2.45, 2.75) is 69.7 Å². The number of benzene rings is 3. The number of aromatic nitrogens is 1. The van der Waals surface area contributed by atoms with Crippen molar-refractivity contribution in [3.8, 4) is 11.5 Å². The summed E-state index contributed by atoms with van der Waals surface area (Å²) in [6, 6.07) is 21.8. The van der Waals surface area contributed by atoms with Crippen molar-refractivity contribution in [3.63, 3.8) is 0 Å². The number of nitrogens with zero attached hydrogens (tertiary/aromatic N) is 1. The molecule has 7 rings (SSSR count). The molecular weight excluding hydrogens is 637 g/mol. The summed E-state index contributed by atoms with van der Waals surface area (Å²) in [5.41, 5.74) is 2.71. The van der Waals surface area contributed by atoms with Crippen LogP contribution in [0, 0.1) is 11.8 Å². The number of aromatic amines is 1. The van der Waals surface area contributed by atoms with E-state index in [1.54, 1.807) is 6.07 Å². The van der Waals surface area contributed by atoms with Crippen molar-refractivity contribution < 1.29 is 19.7 Å². The number of nitrogens with one attached hydrogen (secondary N) is 3. The fourth-order valence-electron chi connectivity index (χ4n) is 8.03. The summed E-state index contributed by atoms with van der Waals surface area (Å²) in [4.78, 5) is 29.2. The molecule has 1 aromatic heterocycles. The lowest BCUT2D eigenvalue weighted by molar-refractivity contribution is 0.00716. The van der Waals surface area contributed by atoms with Gasteiger partial charge in [0.2, 0.25) is 0 Å². The molecule has 0 radical (unpaired) electrons. The monoisotopic (exact) mass is 686 g/mol. The van der Waals surface area contributed by atoms with Crippen LogP contribution in [0.25, 0.3) is 10.2 Å². The van der Waals surface area contributed by atoms with Gasteiger partial charge in [0.1, 0.15) is 17.0 Å². The number of piperidine rings is 3. The zero-order valence-electron chi connectivity index (χ0n) is 28.3. The summed E-state index contributed by atoms with van der Waals surface area (Å²) in [6.45, 7) is 5.53. The highest BCUT2D eigenvalue weighted by atomic mass is 32.1. The van der Waals surface area contributed by atoms with Crippen LogP contribution in [0.1, 0.15) is 74.5 Å². The number of carboxylic acid groups (broad SMARTS) is 1. The Morgan fingerprint density at radius 1 is 0.918 bits per heavy atom. The summed E-state index contributed by atoms with van der Waals surface area (Å²) in [5, 5.41) is 26.7. The standard InChI is InChI=1S/C39H50N4O5S/c44-34-17-16-29(36-35(34)41-38(47)49-36)18-22-40-21-9-4-2-1-3-5-10-25-48-32-15-11-14-31(26-32)39(42-37(45)46,30-12-7-6-8-13-30)33-27-43-23-19-28(33)20-24-43/h6-8,11-17,26,28,33,40,42,44H,1-5,9-10,18-25,27H2,(H,41,47)(H,45,46). The van der Waals surface area contributed by atoms with Crippen molar-refractivity contribution in [3.05, 3.63) is 93.1 Å². The molecule has 3 aliphatic rings. The van der Waals surface area contributed by atoms with E-state index in [9.17, 15) is 19.8 Å². The number of phenolic OH excluding ortho intramolecular Hbond substituents is 1. The number of phenols is 1. The predicted octanol–water partition coefficient (Wildman–Crippen LogP) is 7.09.